The maximum absolute atomic E-state index is 6.15. The number of nitrogens with one attached hydrogen (secondary N) is 1. The topological polar surface area (TPSA) is 21.3 Å². The summed E-state index contributed by atoms with van der Waals surface area (Å²) in [5, 5.41) is 4.51. The molecule has 0 aliphatic heterocycles. The number of halogens is 2. The lowest BCUT2D eigenvalue weighted by atomic mass is 9.77. The molecule has 0 amide bonds. The zero-order chi connectivity index (χ0) is 13.2. The molecular formula is C14H19Cl2NO. The first kappa shape index (κ1) is 14.1. The van der Waals surface area contributed by atoms with Gasteiger partial charge in [-0.3, -0.25) is 0 Å². The Morgan fingerprint density at radius 1 is 1.39 bits per heavy atom. The smallest absolute Gasteiger partial charge is 0.0680 e. The fraction of sp³-hybridized carbons (Fsp3) is 0.571. The van der Waals surface area contributed by atoms with Crippen molar-refractivity contribution in [2.24, 2.45) is 0 Å². The van der Waals surface area contributed by atoms with Crippen molar-refractivity contribution in [3.63, 3.8) is 0 Å². The molecule has 100 valence electrons. The van der Waals surface area contributed by atoms with Crippen LogP contribution in [0.25, 0.3) is 0 Å². The highest BCUT2D eigenvalue weighted by Crippen LogP contribution is 2.43. The lowest BCUT2D eigenvalue weighted by molar-refractivity contribution is 0.0520. The van der Waals surface area contributed by atoms with Crippen LogP contribution in [0.5, 0.6) is 0 Å². The van der Waals surface area contributed by atoms with Crippen molar-refractivity contribution in [2.75, 3.05) is 20.7 Å². The Hall–Kier alpha value is -0.280. The summed E-state index contributed by atoms with van der Waals surface area (Å²) in [6.45, 7) is 0.892. The van der Waals surface area contributed by atoms with E-state index >= 15 is 0 Å². The Morgan fingerprint density at radius 2 is 2.17 bits per heavy atom. The van der Waals surface area contributed by atoms with Crippen LogP contribution in [0, 0.1) is 0 Å². The molecule has 0 aromatic heterocycles. The summed E-state index contributed by atoms with van der Waals surface area (Å²) in [4.78, 5) is 0. The van der Waals surface area contributed by atoms with Crippen molar-refractivity contribution in [1.82, 2.24) is 5.32 Å². The third-order valence-electron chi connectivity index (χ3n) is 3.98. The van der Waals surface area contributed by atoms with Gasteiger partial charge >= 0.3 is 0 Å². The highest BCUT2D eigenvalue weighted by Gasteiger charge is 2.44. The number of hydrogen-bond donors (Lipinski definition) is 1. The van der Waals surface area contributed by atoms with Crippen LogP contribution >= 0.6 is 23.2 Å². The molecule has 1 aliphatic rings. The van der Waals surface area contributed by atoms with Crippen molar-refractivity contribution in [3.05, 3.63) is 33.8 Å². The molecule has 1 aromatic rings. The Labute approximate surface area is 119 Å². The minimum Gasteiger partial charge on any atom is -0.380 e. The zero-order valence-electron chi connectivity index (χ0n) is 10.8. The van der Waals surface area contributed by atoms with Gasteiger partial charge < -0.3 is 10.1 Å². The summed E-state index contributed by atoms with van der Waals surface area (Å²) in [5.74, 6) is 0. The molecule has 0 spiro atoms. The van der Waals surface area contributed by atoms with E-state index in [1.54, 1.807) is 7.11 Å². The number of ether oxygens (including phenoxy) is 1. The van der Waals surface area contributed by atoms with E-state index in [0.717, 1.165) is 19.4 Å². The van der Waals surface area contributed by atoms with Gasteiger partial charge in [-0.25, -0.2) is 0 Å². The molecule has 2 atom stereocenters. The third-order valence-corrected chi connectivity index (χ3v) is 4.72. The maximum Gasteiger partial charge on any atom is 0.0680 e. The highest BCUT2D eigenvalue weighted by atomic mass is 35.5. The quantitative estimate of drug-likeness (QED) is 0.913. The Morgan fingerprint density at radius 3 is 2.78 bits per heavy atom. The number of rotatable bonds is 4. The van der Waals surface area contributed by atoms with Gasteiger partial charge in [0.2, 0.25) is 0 Å². The van der Waals surface area contributed by atoms with E-state index in [1.165, 1.54) is 12.0 Å². The molecule has 1 aliphatic carbocycles. The molecular weight excluding hydrogens is 269 g/mol. The number of likely N-dealkylation sites (N-methyl/N-ethyl adjacent to an activating group) is 1. The predicted octanol–water partition coefficient (Wildman–Crippen LogP) is 3.65. The molecule has 1 aromatic carbocycles. The fourth-order valence-electron chi connectivity index (χ4n) is 3.14. The van der Waals surface area contributed by atoms with Crippen LogP contribution in [0.15, 0.2) is 18.2 Å². The van der Waals surface area contributed by atoms with Crippen molar-refractivity contribution >= 4 is 23.2 Å². The Bertz CT molecular complexity index is 424. The van der Waals surface area contributed by atoms with Gasteiger partial charge in [0.05, 0.1) is 16.1 Å². The third kappa shape index (κ3) is 2.39. The van der Waals surface area contributed by atoms with Gasteiger partial charge in [0, 0.05) is 19.1 Å². The molecule has 2 nitrogen and oxygen atoms in total. The summed E-state index contributed by atoms with van der Waals surface area (Å²) in [6.07, 6.45) is 3.63. The second-order valence-electron chi connectivity index (χ2n) is 4.93. The van der Waals surface area contributed by atoms with Gasteiger partial charge in [0.1, 0.15) is 0 Å². The van der Waals surface area contributed by atoms with Gasteiger partial charge in [-0.1, -0.05) is 29.3 Å². The standard InChI is InChI=1S/C14H19Cl2NO/c1-17-9-14(7-3-4-13(14)18-2)10-5-6-11(15)12(16)8-10/h5-6,8,13,17H,3-4,7,9H2,1-2H3. The van der Waals surface area contributed by atoms with Gasteiger partial charge in [-0.05, 0) is 44.0 Å². The van der Waals surface area contributed by atoms with E-state index < -0.39 is 0 Å². The summed E-state index contributed by atoms with van der Waals surface area (Å²) >= 11 is 12.2. The number of hydrogen-bond acceptors (Lipinski definition) is 2. The van der Waals surface area contributed by atoms with Crippen molar-refractivity contribution in [3.8, 4) is 0 Å². The monoisotopic (exact) mass is 287 g/mol. The summed E-state index contributed by atoms with van der Waals surface area (Å²) in [6, 6.07) is 5.93. The molecule has 0 bridgehead atoms. The number of benzene rings is 1. The van der Waals surface area contributed by atoms with Crippen molar-refractivity contribution in [2.45, 2.75) is 30.8 Å². The first-order valence-corrected chi connectivity index (χ1v) is 7.02. The SMILES string of the molecule is CNCC1(c2ccc(Cl)c(Cl)c2)CCCC1OC. The molecule has 0 saturated heterocycles. The lowest BCUT2D eigenvalue weighted by Gasteiger charge is -2.35. The summed E-state index contributed by atoms with van der Waals surface area (Å²) in [5.41, 5.74) is 1.23. The average Bonchev–Trinajstić information content (AvgIpc) is 2.77. The maximum atomic E-state index is 6.15. The van der Waals surface area contributed by atoms with E-state index in [9.17, 15) is 0 Å². The lowest BCUT2D eigenvalue weighted by Crippen LogP contribution is -2.44. The van der Waals surface area contributed by atoms with Crippen molar-refractivity contribution < 1.29 is 4.74 Å². The molecule has 0 radical (unpaired) electrons. The summed E-state index contributed by atoms with van der Waals surface area (Å²) in [7, 11) is 3.77. The minimum atomic E-state index is 0.0116. The minimum absolute atomic E-state index is 0.0116. The second kappa shape index (κ2) is 5.79. The molecule has 1 saturated carbocycles. The van der Waals surface area contributed by atoms with E-state index in [1.807, 2.05) is 19.2 Å². The molecule has 2 unspecified atom stereocenters. The predicted molar refractivity (Wildman–Crippen MR) is 76.7 cm³/mol. The van der Waals surface area contributed by atoms with Gasteiger partial charge in [-0.2, -0.15) is 0 Å². The first-order valence-electron chi connectivity index (χ1n) is 6.27. The highest BCUT2D eigenvalue weighted by molar-refractivity contribution is 6.42. The average molecular weight is 288 g/mol. The van der Waals surface area contributed by atoms with Crippen LogP contribution in [0.3, 0.4) is 0 Å². The second-order valence-corrected chi connectivity index (χ2v) is 5.75. The first-order chi connectivity index (χ1) is 8.64. The normalized spacial score (nSPS) is 27.7. The molecule has 1 fully saturated rings. The van der Waals surface area contributed by atoms with Crippen LogP contribution < -0.4 is 5.32 Å². The molecule has 0 heterocycles. The van der Waals surface area contributed by atoms with Crippen LogP contribution in [0.2, 0.25) is 10.0 Å². The van der Waals surface area contributed by atoms with Gasteiger partial charge in [-0.15, -0.1) is 0 Å². The van der Waals surface area contributed by atoms with Crippen molar-refractivity contribution in [1.29, 1.82) is 0 Å². The largest absolute Gasteiger partial charge is 0.380 e. The van der Waals surface area contributed by atoms with E-state index in [4.69, 9.17) is 27.9 Å². The molecule has 4 heteroatoms. The number of methoxy groups -OCH3 is 1. The fourth-order valence-corrected chi connectivity index (χ4v) is 3.44. The van der Waals surface area contributed by atoms with Gasteiger partial charge in [0.25, 0.3) is 0 Å². The van der Waals surface area contributed by atoms with E-state index in [-0.39, 0.29) is 11.5 Å². The van der Waals surface area contributed by atoms with E-state index in [2.05, 4.69) is 11.4 Å². The van der Waals surface area contributed by atoms with Crippen LogP contribution in [-0.4, -0.2) is 26.8 Å². The zero-order valence-corrected chi connectivity index (χ0v) is 12.3. The summed E-state index contributed by atoms with van der Waals surface area (Å²) < 4.78 is 5.69. The molecule has 18 heavy (non-hydrogen) atoms. The Kier molecular flexibility index (Phi) is 4.54. The van der Waals surface area contributed by atoms with Crippen LogP contribution in [0.4, 0.5) is 0 Å². The van der Waals surface area contributed by atoms with Crippen LogP contribution in [0.1, 0.15) is 24.8 Å². The molecule has 2 rings (SSSR count). The van der Waals surface area contributed by atoms with Gasteiger partial charge in [0.15, 0.2) is 0 Å². The van der Waals surface area contributed by atoms with E-state index in [0.29, 0.717) is 10.0 Å². The Balaban J connectivity index is 2.43. The van der Waals surface area contributed by atoms with Crippen LogP contribution in [-0.2, 0) is 10.2 Å². The molecule has 1 N–H and O–H groups in total.